The van der Waals surface area contributed by atoms with Crippen LogP contribution in [0.2, 0.25) is 0 Å². The molecule has 0 spiro atoms. The molecule has 0 aromatic heterocycles. The highest BCUT2D eigenvalue weighted by atomic mass is 19.1. The summed E-state index contributed by atoms with van der Waals surface area (Å²) in [6, 6.07) is 5.42. The lowest BCUT2D eigenvalue weighted by molar-refractivity contribution is -0.132. The topological polar surface area (TPSA) is 52.6 Å². The minimum atomic E-state index is -0.746. The average Bonchev–Trinajstić information content (AvgIpc) is 2.98. The van der Waals surface area contributed by atoms with E-state index in [0.717, 1.165) is 25.9 Å². The Kier molecular flexibility index (Phi) is 5.09. The number of carbonyl (C=O) groups excluding carboxylic acids is 1. The Morgan fingerprint density at radius 1 is 1.35 bits per heavy atom. The van der Waals surface area contributed by atoms with Gasteiger partial charge in [-0.3, -0.25) is 4.79 Å². The van der Waals surface area contributed by atoms with Crippen molar-refractivity contribution in [2.45, 2.75) is 31.9 Å². The van der Waals surface area contributed by atoms with Crippen LogP contribution in [-0.4, -0.2) is 41.6 Å². The van der Waals surface area contributed by atoms with Crippen molar-refractivity contribution >= 4 is 5.91 Å². The van der Waals surface area contributed by atoms with Crippen LogP contribution in [-0.2, 0) is 4.79 Å². The lowest BCUT2D eigenvalue weighted by Gasteiger charge is -2.22. The first-order valence-corrected chi connectivity index (χ1v) is 7.03. The van der Waals surface area contributed by atoms with Crippen molar-refractivity contribution in [2.24, 2.45) is 0 Å². The quantitative estimate of drug-likeness (QED) is 0.858. The van der Waals surface area contributed by atoms with Gasteiger partial charge in [0.2, 0.25) is 5.91 Å². The molecule has 1 fully saturated rings. The fraction of sp³-hybridized carbons (Fsp3) is 0.533. The molecule has 4 nitrogen and oxygen atoms in total. The van der Waals surface area contributed by atoms with Crippen LogP contribution in [0.25, 0.3) is 0 Å². The number of hydrogen-bond donors (Lipinski definition) is 2. The van der Waals surface area contributed by atoms with E-state index in [2.05, 4.69) is 5.32 Å². The molecule has 0 aliphatic carbocycles. The van der Waals surface area contributed by atoms with Gasteiger partial charge < -0.3 is 15.3 Å². The summed E-state index contributed by atoms with van der Waals surface area (Å²) in [7, 11) is 0. The minimum Gasteiger partial charge on any atom is -0.387 e. The van der Waals surface area contributed by atoms with Gasteiger partial charge in [0.1, 0.15) is 5.82 Å². The Balaban J connectivity index is 1.81. The molecule has 1 saturated heterocycles. The number of nitrogens with zero attached hydrogens (tertiary/aromatic N) is 1. The molecule has 2 rings (SSSR count). The molecule has 110 valence electrons. The van der Waals surface area contributed by atoms with E-state index in [0.29, 0.717) is 5.56 Å². The Morgan fingerprint density at radius 3 is 2.55 bits per heavy atom. The third kappa shape index (κ3) is 3.77. The summed E-state index contributed by atoms with van der Waals surface area (Å²) in [6.45, 7) is 3.72. The maximum absolute atomic E-state index is 12.8. The van der Waals surface area contributed by atoms with E-state index in [-0.39, 0.29) is 24.3 Å². The molecule has 1 aliphatic rings. The molecule has 5 heteroatoms. The molecule has 1 heterocycles. The summed E-state index contributed by atoms with van der Waals surface area (Å²) >= 11 is 0. The number of amides is 1. The van der Waals surface area contributed by atoms with Crippen molar-refractivity contribution in [3.05, 3.63) is 35.6 Å². The minimum absolute atomic E-state index is 0.0776. The second kappa shape index (κ2) is 6.81. The first-order valence-electron chi connectivity index (χ1n) is 7.03. The number of carbonyl (C=O) groups is 1. The van der Waals surface area contributed by atoms with Crippen LogP contribution in [0.15, 0.2) is 24.3 Å². The van der Waals surface area contributed by atoms with Crippen LogP contribution in [0.3, 0.4) is 0 Å². The molecular formula is C15H21FN2O2. The number of aliphatic hydroxyl groups is 1. The maximum atomic E-state index is 12.8. The lowest BCUT2D eigenvalue weighted by atomic mass is 10.1. The first-order chi connectivity index (χ1) is 9.58. The summed E-state index contributed by atoms with van der Waals surface area (Å²) in [5, 5.41) is 13.0. The van der Waals surface area contributed by atoms with Gasteiger partial charge in [-0.25, -0.2) is 4.39 Å². The van der Waals surface area contributed by atoms with Crippen LogP contribution < -0.4 is 5.32 Å². The summed E-state index contributed by atoms with van der Waals surface area (Å²) in [5.41, 5.74) is 0.639. The van der Waals surface area contributed by atoms with Crippen molar-refractivity contribution < 1.29 is 14.3 Å². The number of rotatable bonds is 5. The molecule has 2 atom stereocenters. The van der Waals surface area contributed by atoms with E-state index >= 15 is 0 Å². The van der Waals surface area contributed by atoms with Gasteiger partial charge in [0, 0.05) is 19.6 Å². The third-order valence-electron chi connectivity index (χ3n) is 3.66. The van der Waals surface area contributed by atoms with E-state index < -0.39 is 6.10 Å². The molecule has 1 amide bonds. The largest absolute Gasteiger partial charge is 0.387 e. The van der Waals surface area contributed by atoms with Crippen molar-refractivity contribution in [2.75, 3.05) is 19.6 Å². The molecule has 0 saturated carbocycles. The molecule has 0 bridgehead atoms. The van der Waals surface area contributed by atoms with Gasteiger partial charge in [0.05, 0.1) is 12.1 Å². The van der Waals surface area contributed by atoms with E-state index in [4.69, 9.17) is 0 Å². The third-order valence-corrected chi connectivity index (χ3v) is 3.66. The standard InChI is InChI=1S/C15H21FN2O2/c1-11(15(20)18-8-2-3-9-18)17-10-14(19)12-4-6-13(16)7-5-12/h4-7,11,14,17,19H,2-3,8-10H2,1H3. The zero-order valence-electron chi connectivity index (χ0n) is 11.7. The predicted octanol–water partition coefficient (Wildman–Crippen LogP) is 1.46. The van der Waals surface area contributed by atoms with E-state index in [1.165, 1.54) is 12.1 Å². The second-order valence-electron chi connectivity index (χ2n) is 5.23. The van der Waals surface area contributed by atoms with Crippen molar-refractivity contribution in [1.29, 1.82) is 0 Å². The number of hydrogen-bond acceptors (Lipinski definition) is 3. The molecule has 1 aromatic carbocycles. The van der Waals surface area contributed by atoms with Gasteiger partial charge >= 0.3 is 0 Å². The fourth-order valence-corrected chi connectivity index (χ4v) is 2.39. The van der Waals surface area contributed by atoms with Gasteiger partial charge in [0.25, 0.3) is 0 Å². The molecule has 20 heavy (non-hydrogen) atoms. The number of aliphatic hydroxyl groups excluding tert-OH is 1. The normalized spacial score (nSPS) is 18.1. The number of nitrogens with one attached hydrogen (secondary N) is 1. The molecule has 2 N–H and O–H groups in total. The molecule has 2 unspecified atom stereocenters. The zero-order chi connectivity index (χ0) is 14.5. The summed E-state index contributed by atoms with van der Waals surface area (Å²) in [4.78, 5) is 13.9. The first kappa shape index (κ1) is 14.9. The Bertz CT molecular complexity index is 444. The summed E-state index contributed by atoms with van der Waals surface area (Å²) in [6.07, 6.45) is 1.39. The summed E-state index contributed by atoms with van der Waals surface area (Å²) in [5.74, 6) is -0.250. The molecular weight excluding hydrogens is 259 g/mol. The van der Waals surface area contributed by atoms with Crippen LogP contribution in [0, 0.1) is 5.82 Å². The van der Waals surface area contributed by atoms with Crippen LogP contribution in [0.4, 0.5) is 4.39 Å². The lowest BCUT2D eigenvalue weighted by Crippen LogP contribution is -2.44. The van der Waals surface area contributed by atoms with Crippen LogP contribution >= 0.6 is 0 Å². The average molecular weight is 280 g/mol. The highest BCUT2D eigenvalue weighted by Crippen LogP contribution is 2.13. The van der Waals surface area contributed by atoms with Gasteiger partial charge in [-0.15, -0.1) is 0 Å². The van der Waals surface area contributed by atoms with E-state index in [1.54, 1.807) is 19.1 Å². The summed E-state index contributed by atoms with van der Waals surface area (Å²) < 4.78 is 12.8. The van der Waals surface area contributed by atoms with Gasteiger partial charge in [-0.1, -0.05) is 12.1 Å². The smallest absolute Gasteiger partial charge is 0.239 e. The SMILES string of the molecule is CC(NCC(O)c1ccc(F)cc1)C(=O)N1CCCC1. The number of halogens is 1. The number of likely N-dealkylation sites (tertiary alicyclic amines) is 1. The monoisotopic (exact) mass is 280 g/mol. The van der Waals surface area contributed by atoms with Gasteiger partial charge in [-0.05, 0) is 37.5 Å². The van der Waals surface area contributed by atoms with E-state index in [1.807, 2.05) is 4.90 Å². The van der Waals surface area contributed by atoms with Crippen molar-refractivity contribution in [3.8, 4) is 0 Å². The van der Waals surface area contributed by atoms with Crippen LogP contribution in [0.5, 0.6) is 0 Å². The van der Waals surface area contributed by atoms with E-state index in [9.17, 15) is 14.3 Å². The van der Waals surface area contributed by atoms with Gasteiger partial charge in [0.15, 0.2) is 0 Å². The fourth-order valence-electron chi connectivity index (χ4n) is 2.39. The Labute approximate surface area is 118 Å². The van der Waals surface area contributed by atoms with Gasteiger partial charge in [-0.2, -0.15) is 0 Å². The highest BCUT2D eigenvalue weighted by molar-refractivity contribution is 5.81. The zero-order valence-corrected chi connectivity index (χ0v) is 11.7. The number of benzene rings is 1. The van der Waals surface area contributed by atoms with Crippen LogP contribution in [0.1, 0.15) is 31.4 Å². The molecule has 0 radical (unpaired) electrons. The Hall–Kier alpha value is -1.46. The second-order valence-corrected chi connectivity index (χ2v) is 5.23. The van der Waals surface area contributed by atoms with Crippen molar-refractivity contribution in [3.63, 3.8) is 0 Å². The molecule has 1 aliphatic heterocycles. The highest BCUT2D eigenvalue weighted by Gasteiger charge is 2.23. The maximum Gasteiger partial charge on any atom is 0.239 e. The molecule has 1 aromatic rings. The van der Waals surface area contributed by atoms with Crippen molar-refractivity contribution in [1.82, 2.24) is 10.2 Å². The Morgan fingerprint density at radius 2 is 1.95 bits per heavy atom. The predicted molar refractivity (Wildman–Crippen MR) is 74.6 cm³/mol.